The molecule has 0 amide bonds. The van der Waals surface area contributed by atoms with Crippen molar-refractivity contribution < 1.29 is 29.6 Å². The molecule has 0 bridgehead atoms. The summed E-state index contributed by atoms with van der Waals surface area (Å²) in [5.41, 5.74) is 4.32. The van der Waals surface area contributed by atoms with Gasteiger partial charge in [0.2, 0.25) is 16.7 Å². The van der Waals surface area contributed by atoms with Gasteiger partial charge in [-0.15, -0.1) is 10.2 Å². The number of rotatable bonds is 8. The zero-order valence-electron chi connectivity index (χ0n) is 16.7. The van der Waals surface area contributed by atoms with Crippen LogP contribution >= 0.6 is 11.6 Å². The van der Waals surface area contributed by atoms with Gasteiger partial charge in [-0.25, -0.2) is 9.78 Å². The summed E-state index contributed by atoms with van der Waals surface area (Å²) < 4.78 is 12.8. The van der Waals surface area contributed by atoms with Crippen LogP contribution in [0.15, 0.2) is 6.33 Å². The number of H-pyrrole nitrogens is 1. The second-order valence-corrected chi connectivity index (χ2v) is 7.51. The number of aliphatic carboxylic acids is 1. The maximum absolute atomic E-state index is 12.1. The summed E-state index contributed by atoms with van der Waals surface area (Å²) in [5, 5.41) is 44.0. The van der Waals surface area contributed by atoms with Gasteiger partial charge in [0.05, 0.1) is 12.9 Å². The third-order valence-corrected chi connectivity index (χ3v) is 5.35. The Morgan fingerprint density at radius 3 is 2.84 bits per heavy atom. The van der Waals surface area contributed by atoms with E-state index in [4.69, 9.17) is 26.8 Å². The lowest BCUT2D eigenvalue weighted by molar-refractivity contribution is -0.179. The van der Waals surface area contributed by atoms with Crippen LogP contribution in [-0.2, 0) is 19.9 Å². The number of nitrogen functional groups attached to an aromatic ring is 1. The highest BCUT2D eigenvalue weighted by Gasteiger charge is 2.49. The van der Waals surface area contributed by atoms with Gasteiger partial charge in [0.1, 0.15) is 23.8 Å². The van der Waals surface area contributed by atoms with Crippen molar-refractivity contribution in [3.8, 4) is 0 Å². The molecule has 1 saturated heterocycles. The van der Waals surface area contributed by atoms with Gasteiger partial charge in [0, 0.05) is 0 Å². The van der Waals surface area contributed by atoms with Crippen molar-refractivity contribution in [2.24, 2.45) is 0 Å². The van der Waals surface area contributed by atoms with Gasteiger partial charge in [-0.1, -0.05) is 18.6 Å². The molecule has 0 aliphatic carbocycles. The van der Waals surface area contributed by atoms with Crippen LogP contribution in [0, 0.1) is 0 Å². The number of nitrogens with one attached hydrogen (secondary N) is 1. The van der Waals surface area contributed by atoms with Gasteiger partial charge in [-0.3, -0.25) is 4.57 Å². The van der Waals surface area contributed by atoms with E-state index in [2.05, 4.69) is 35.6 Å². The molecule has 1 aliphatic heterocycles. The first kappa shape index (κ1) is 22.2. The second kappa shape index (κ2) is 8.51. The number of hydrogen-bond acceptors (Lipinski definition) is 12. The fraction of sp³-hybridized carbons (Fsp3) is 0.562. The van der Waals surface area contributed by atoms with Crippen molar-refractivity contribution in [3.05, 3.63) is 17.4 Å². The Morgan fingerprint density at radius 2 is 2.19 bits per heavy atom. The number of aliphatic hydroxyl groups excluding tert-OH is 2. The van der Waals surface area contributed by atoms with Crippen molar-refractivity contribution >= 4 is 34.6 Å². The minimum atomic E-state index is -1.91. The van der Waals surface area contributed by atoms with E-state index in [9.17, 15) is 20.1 Å². The summed E-state index contributed by atoms with van der Waals surface area (Å²) in [7, 11) is 0. The van der Waals surface area contributed by atoms with E-state index in [0.717, 1.165) is 0 Å². The van der Waals surface area contributed by atoms with Crippen molar-refractivity contribution in [1.82, 2.24) is 40.1 Å². The Balaban J connectivity index is 1.58. The molecule has 0 spiro atoms. The SMILES string of the molecule is CCCC(OC[C@H]1O[C@@H](n2cnc3c(N)nc(Cl)nc32)[C@H](O)[C@@H]1O)(C(=O)O)c1nn[nH]n1. The number of hydrogen-bond donors (Lipinski definition) is 5. The molecule has 15 nitrogen and oxygen atoms in total. The van der Waals surface area contributed by atoms with Crippen molar-refractivity contribution in [1.29, 1.82) is 0 Å². The molecular formula is C16H20ClN9O6. The zero-order chi connectivity index (χ0) is 23.0. The first-order valence-corrected chi connectivity index (χ1v) is 9.94. The maximum Gasteiger partial charge on any atom is 0.344 e. The molecule has 1 unspecified atom stereocenters. The number of fused-ring (bicyclic) bond motifs is 1. The lowest BCUT2D eigenvalue weighted by atomic mass is 9.96. The number of aromatic amines is 1. The minimum Gasteiger partial charge on any atom is -0.479 e. The number of aliphatic hydroxyl groups is 2. The number of carboxylic acids is 1. The van der Waals surface area contributed by atoms with Crippen LogP contribution in [0.4, 0.5) is 5.82 Å². The first-order chi connectivity index (χ1) is 15.3. The molecular weight excluding hydrogens is 450 g/mol. The van der Waals surface area contributed by atoms with Gasteiger partial charge in [-0.2, -0.15) is 15.2 Å². The third-order valence-electron chi connectivity index (χ3n) is 5.18. The van der Waals surface area contributed by atoms with E-state index in [1.54, 1.807) is 6.92 Å². The number of nitrogens with two attached hydrogens (primary N) is 1. The monoisotopic (exact) mass is 469 g/mol. The number of aromatic nitrogens is 8. The van der Waals surface area contributed by atoms with Crippen LogP contribution in [0.25, 0.3) is 11.2 Å². The molecule has 3 aromatic heterocycles. The maximum atomic E-state index is 12.1. The predicted molar refractivity (Wildman–Crippen MR) is 105 cm³/mol. The van der Waals surface area contributed by atoms with Gasteiger partial charge in [-0.05, 0) is 18.0 Å². The summed E-state index contributed by atoms with van der Waals surface area (Å²) in [5.74, 6) is -1.45. The van der Waals surface area contributed by atoms with E-state index in [0.29, 0.717) is 6.42 Å². The molecule has 1 fully saturated rings. The fourth-order valence-electron chi connectivity index (χ4n) is 3.62. The normalized spacial score (nSPS) is 25.2. The largest absolute Gasteiger partial charge is 0.479 e. The highest BCUT2D eigenvalue weighted by molar-refractivity contribution is 6.28. The lowest BCUT2D eigenvalue weighted by Gasteiger charge is -2.28. The van der Waals surface area contributed by atoms with Crippen molar-refractivity contribution in [2.45, 2.75) is 49.9 Å². The molecule has 5 atom stereocenters. The lowest BCUT2D eigenvalue weighted by Crippen LogP contribution is -2.43. The van der Waals surface area contributed by atoms with Crippen LogP contribution in [0.5, 0.6) is 0 Å². The predicted octanol–water partition coefficient (Wildman–Crippen LogP) is -1.01. The molecule has 3 aromatic rings. The topological polar surface area (TPSA) is 220 Å². The van der Waals surface area contributed by atoms with Crippen LogP contribution in [0.1, 0.15) is 31.8 Å². The van der Waals surface area contributed by atoms with Crippen LogP contribution in [0.3, 0.4) is 0 Å². The van der Waals surface area contributed by atoms with Crippen LogP contribution in [-0.4, -0.2) is 86.4 Å². The number of carbonyl (C=O) groups is 1. The molecule has 0 radical (unpaired) electrons. The molecule has 1 aliphatic rings. The van der Waals surface area contributed by atoms with E-state index in [1.165, 1.54) is 10.9 Å². The standard InChI is InChI=1S/C16H20ClN9O6/c1-2-3-16(14(29)30,13-22-24-25-23-13)31-4-6-8(27)9(28)12(32-6)26-5-19-7-10(18)20-15(17)21-11(7)26/h5-6,8-9,12,27-28H,2-4H2,1H3,(H,29,30)(H2,18,20,21)(H,22,23,24,25)/t6-,8-,9-,12-,16?/m1/s1. The zero-order valence-corrected chi connectivity index (χ0v) is 17.4. The fourth-order valence-corrected chi connectivity index (χ4v) is 3.79. The van der Waals surface area contributed by atoms with Gasteiger partial charge in [0.15, 0.2) is 17.7 Å². The number of halogens is 1. The van der Waals surface area contributed by atoms with Crippen molar-refractivity contribution in [2.75, 3.05) is 12.3 Å². The number of carboxylic acid groups (broad SMARTS) is 1. The average Bonchev–Trinajstić information content (AvgIpc) is 3.47. The van der Waals surface area contributed by atoms with Gasteiger partial charge < -0.3 is 30.5 Å². The van der Waals surface area contributed by atoms with E-state index in [-0.39, 0.29) is 41.1 Å². The molecule has 32 heavy (non-hydrogen) atoms. The Labute approximate surface area is 184 Å². The van der Waals surface area contributed by atoms with Crippen LogP contribution in [0.2, 0.25) is 5.28 Å². The summed E-state index contributed by atoms with van der Waals surface area (Å²) in [6, 6.07) is 0. The summed E-state index contributed by atoms with van der Waals surface area (Å²) >= 11 is 5.87. The molecule has 4 heterocycles. The quantitative estimate of drug-likeness (QED) is 0.250. The smallest absolute Gasteiger partial charge is 0.344 e. The number of ether oxygens (including phenoxy) is 2. The number of imidazole rings is 1. The van der Waals surface area contributed by atoms with E-state index >= 15 is 0 Å². The molecule has 172 valence electrons. The number of nitrogens with zero attached hydrogens (tertiary/aromatic N) is 7. The number of anilines is 1. The second-order valence-electron chi connectivity index (χ2n) is 7.18. The molecule has 4 rings (SSSR count). The molecule has 16 heteroatoms. The van der Waals surface area contributed by atoms with Crippen molar-refractivity contribution in [3.63, 3.8) is 0 Å². The minimum absolute atomic E-state index is 0.0392. The highest BCUT2D eigenvalue weighted by Crippen LogP contribution is 2.35. The van der Waals surface area contributed by atoms with E-state index < -0.39 is 36.1 Å². The van der Waals surface area contributed by atoms with Crippen LogP contribution < -0.4 is 5.73 Å². The Bertz CT molecular complexity index is 1110. The summed E-state index contributed by atoms with van der Waals surface area (Å²) in [4.78, 5) is 24.0. The Morgan fingerprint density at radius 1 is 1.41 bits per heavy atom. The molecule has 0 saturated carbocycles. The third kappa shape index (κ3) is 3.63. The molecule has 0 aromatic carbocycles. The Kier molecular flexibility index (Phi) is 5.91. The average molecular weight is 470 g/mol. The van der Waals surface area contributed by atoms with E-state index in [1.807, 2.05) is 0 Å². The van der Waals surface area contributed by atoms with Gasteiger partial charge in [0.25, 0.3) is 0 Å². The molecule has 6 N–H and O–H groups in total. The summed E-state index contributed by atoms with van der Waals surface area (Å²) in [6.45, 7) is 1.38. The summed E-state index contributed by atoms with van der Waals surface area (Å²) in [6.07, 6.45) is -3.25. The first-order valence-electron chi connectivity index (χ1n) is 9.57. The Hall–Kier alpha value is -2.98. The van der Waals surface area contributed by atoms with Gasteiger partial charge >= 0.3 is 5.97 Å². The highest BCUT2D eigenvalue weighted by atomic mass is 35.5. The number of tetrazole rings is 1.